The number of rotatable bonds is 4. The molecule has 0 spiro atoms. The molecule has 1 saturated heterocycles. The van der Waals surface area contributed by atoms with Crippen LogP contribution in [0.5, 0.6) is 0 Å². The molecule has 3 nitrogen and oxygen atoms in total. The summed E-state index contributed by atoms with van der Waals surface area (Å²) in [7, 11) is 0. The van der Waals surface area contributed by atoms with Gasteiger partial charge in [-0.2, -0.15) is 0 Å². The van der Waals surface area contributed by atoms with E-state index in [1.54, 1.807) is 0 Å². The Labute approximate surface area is 116 Å². The SMILES string of the molecule is CC1(C)CN(CCNc2ccccc2)CC(C)(C)O1. The second kappa shape index (κ2) is 5.51. The summed E-state index contributed by atoms with van der Waals surface area (Å²) in [5.41, 5.74) is 1.07. The third kappa shape index (κ3) is 4.51. The number of hydrogen-bond donors (Lipinski definition) is 1. The van der Waals surface area contributed by atoms with Crippen LogP contribution in [0.15, 0.2) is 30.3 Å². The number of anilines is 1. The average molecular weight is 262 g/mol. The van der Waals surface area contributed by atoms with Crippen LogP contribution >= 0.6 is 0 Å². The van der Waals surface area contributed by atoms with Crippen molar-refractivity contribution < 1.29 is 4.74 Å². The molecule has 1 aromatic rings. The minimum Gasteiger partial charge on any atom is -0.384 e. The molecule has 0 aliphatic carbocycles. The Hall–Kier alpha value is -1.06. The van der Waals surface area contributed by atoms with Gasteiger partial charge in [0, 0.05) is 31.9 Å². The van der Waals surface area contributed by atoms with Gasteiger partial charge in [0.25, 0.3) is 0 Å². The largest absolute Gasteiger partial charge is 0.384 e. The highest BCUT2D eigenvalue weighted by Crippen LogP contribution is 2.27. The molecule has 1 aromatic carbocycles. The zero-order valence-corrected chi connectivity index (χ0v) is 12.6. The minimum atomic E-state index is -0.0610. The number of hydrogen-bond acceptors (Lipinski definition) is 3. The quantitative estimate of drug-likeness (QED) is 0.903. The number of morpholine rings is 1. The highest BCUT2D eigenvalue weighted by atomic mass is 16.5. The van der Waals surface area contributed by atoms with E-state index in [1.807, 2.05) is 6.07 Å². The van der Waals surface area contributed by atoms with Gasteiger partial charge in [0.1, 0.15) is 0 Å². The molecule has 19 heavy (non-hydrogen) atoms. The molecule has 0 amide bonds. The van der Waals surface area contributed by atoms with Crippen LogP contribution < -0.4 is 5.32 Å². The van der Waals surface area contributed by atoms with Crippen LogP contribution in [0.1, 0.15) is 27.7 Å². The molecule has 0 bridgehead atoms. The fourth-order valence-electron chi connectivity index (χ4n) is 3.02. The first-order valence-electron chi connectivity index (χ1n) is 7.08. The molecule has 2 rings (SSSR count). The molecular formula is C16H26N2O. The summed E-state index contributed by atoms with van der Waals surface area (Å²) in [4.78, 5) is 2.49. The van der Waals surface area contributed by atoms with Crippen molar-refractivity contribution in [3.8, 4) is 0 Å². The molecule has 1 aliphatic rings. The second-order valence-corrected chi connectivity index (χ2v) is 6.62. The Morgan fingerprint density at radius 3 is 2.21 bits per heavy atom. The van der Waals surface area contributed by atoms with Crippen molar-refractivity contribution in [3.63, 3.8) is 0 Å². The molecule has 0 saturated carbocycles. The number of benzene rings is 1. The maximum atomic E-state index is 6.09. The van der Waals surface area contributed by atoms with Gasteiger partial charge in [-0.05, 0) is 39.8 Å². The number of para-hydroxylation sites is 1. The van der Waals surface area contributed by atoms with Gasteiger partial charge in [-0.15, -0.1) is 0 Å². The van der Waals surface area contributed by atoms with Crippen LogP contribution in [0, 0.1) is 0 Å². The van der Waals surface area contributed by atoms with Crippen molar-refractivity contribution in [1.82, 2.24) is 4.90 Å². The molecule has 3 heteroatoms. The van der Waals surface area contributed by atoms with Crippen molar-refractivity contribution in [2.45, 2.75) is 38.9 Å². The van der Waals surface area contributed by atoms with E-state index in [0.29, 0.717) is 0 Å². The maximum absolute atomic E-state index is 6.09. The van der Waals surface area contributed by atoms with Crippen molar-refractivity contribution >= 4 is 5.69 Å². The summed E-state index contributed by atoms with van der Waals surface area (Å²) in [6, 6.07) is 10.4. The van der Waals surface area contributed by atoms with Crippen LogP contribution in [0.3, 0.4) is 0 Å². The number of nitrogens with one attached hydrogen (secondary N) is 1. The third-order valence-electron chi connectivity index (χ3n) is 3.29. The molecule has 106 valence electrons. The lowest BCUT2D eigenvalue weighted by atomic mass is 9.99. The lowest BCUT2D eigenvalue weighted by molar-refractivity contribution is -0.179. The molecule has 0 unspecified atom stereocenters. The lowest BCUT2D eigenvalue weighted by Crippen LogP contribution is -2.57. The van der Waals surface area contributed by atoms with Crippen molar-refractivity contribution in [1.29, 1.82) is 0 Å². The van der Waals surface area contributed by atoms with Gasteiger partial charge in [0.2, 0.25) is 0 Å². The summed E-state index contributed by atoms with van der Waals surface area (Å²) in [5, 5.41) is 3.46. The van der Waals surface area contributed by atoms with Gasteiger partial charge in [0.05, 0.1) is 11.2 Å². The summed E-state index contributed by atoms with van der Waals surface area (Å²) < 4.78 is 6.09. The highest BCUT2D eigenvalue weighted by Gasteiger charge is 2.37. The highest BCUT2D eigenvalue weighted by molar-refractivity contribution is 5.42. The average Bonchev–Trinajstić information content (AvgIpc) is 2.26. The summed E-state index contributed by atoms with van der Waals surface area (Å²) in [5.74, 6) is 0. The molecule has 1 heterocycles. The van der Waals surface area contributed by atoms with E-state index >= 15 is 0 Å². The van der Waals surface area contributed by atoms with E-state index in [2.05, 4.69) is 62.2 Å². The molecule has 1 N–H and O–H groups in total. The zero-order valence-electron chi connectivity index (χ0n) is 12.6. The van der Waals surface area contributed by atoms with E-state index < -0.39 is 0 Å². The van der Waals surface area contributed by atoms with Crippen LogP contribution in [0.25, 0.3) is 0 Å². The molecule has 0 atom stereocenters. The Kier molecular flexibility index (Phi) is 4.16. The second-order valence-electron chi connectivity index (χ2n) is 6.62. The number of ether oxygens (including phenoxy) is 1. The minimum absolute atomic E-state index is 0.0610. The molecule has 1 aliphatic heterocycles. The van der Waals surface area contributed by atoms with Gasteiger partial charge in [0.15, 0.2) is 0 Å². The predicted octanol–water partition coefficient (Wildman–Crippen LogP) is 2.99. The Morgan fingerprint density at radius 1 is 1.05 bits per heavy atom. The summed E-state index contributed by atoms with van der Waals surface area (Å²) >= 11 is 0. The fraction of sp³-hybridized carbons (Fsp3) is 0.625. The van der Waals surface area contributed by atoms with E-state index in [1.165, 1.54) is 5.69 Å². The zero-order chi connectivity index (χ0) is 13.9. The standard InChI is InChI=1S/C16H26N2O/c1-15(2)12-18(13-16(3,4)19-15)11-10-17-14-8-6-5-7-9-14/h5-9,17H,10-13H2,1-4H3. The van der Waals surface area contributed by atoms with Gasteiger partial charge in [-0.1, -0.05) is 18.2 Å². The molecule has 0 aromatic heterocycles. The Balaban J connectivity index is 1.82. The smallest absolute Gasteiger partial charge is 0.0760 e. The molecular weight excluding hydrogens is 236 g/mol. The summed E-state index contributed by atoms with van der Waals surface area (Å²) in [6.45, 7) is 12.7. The van der Waals surface area contributed by atoms with Crippen LogP contribution in [0.4, 0.5) is 5.69 Å². The van der Waals surface area contributed by atoms with Crippen molar-refractivity contribution in [2.75, 3.05) is 31.5 Å². The first-order valence-corrected chi connectivity index (χ1v) is 7.08. The first kappa shape index (κ1) is 14.4. The Bertz CT molecular complexity index is 384. The summed E-state index contributed by atoms with van der Waals surface area (Å²) in [6.07, 6.45) is 0. The van der Waals surface area contributed by atoms with Gasteiger partial charge >= 0.3 is 0 Å². The molecule has 0 radical (unpaired) electrons. The van der Waals surface area contributed by atoms with Crippen molar-refractivity contribution in [3.05, 3.63) is 30.3 Å². The fourth-order valence-corrected chi connectivity index (χ4v) is 3.02. The maximum Gasteiger partial charge on any atom is 0.0760 e. The number of nitrogens with zero attached hydrogens (tertiary/aromatic N) is 1. The van der Waals surface area contributed by atoms with E-state index in [9.17, 15) is 0 Å². The van der Waals surface area contributed by atoms with E-state index in [4.69, 9.17) is 4.74 Å². The first-order chi connectivity index (χ1) is 8.86. The van der Waals surface area contributed by atoms with Gasteiger partial charge in [-0.3, -0.25) is 4.90 Å². The van der Waals surface area contributed by atoms with Gasteiger partial charge in [-0.25, -0.2) is 0 Å². The molecule has 1 fully saturated rings. The monoisotopic (exact) mass is 262 g/mol. The topological polar surface area (TPSA) is 24.5 Å². The predicted molar refractivity (Wildman–Crippen MR) is 80.6 cm³/mol. The van der Waals surface area contributed by atoms with Crippen LogP contribution in [0.2, 0.25) is 0 Å². The third-order valence-corrected chi connectivity index (χ3v) is 3.29. The normalized spacial score (nSPS) is 22.1. The van der Waals surface area contributed by atoms with Crippen molar-refractivity contribution in [2.24, 2.45) is 0 Å². The van der Waals surface area contributed by atoms with E-state index in [0.717, 1.165) is 26.2 Å². The van der Waals surface area contributed by atoms with Crippen LogP contribution in [-0.4, -0.2) is 42.3 Å². The Morgan fingerprint density at radius 2 is 1.63 bits per heavy atom. The van der Waals surface area contributed by atoms with Crippen LogP contribution in [-0.2, 0) is 4.74 Å². The van der Waals surface area contributed by atoms with E-state index in [-0.39, 0.29) is 11.2 Å². The lowest BCUT2D eigenvalue weighted by Gasteiger charge is -2.47. The van der Waals surface area contributed by atoms with Gasteiger partial charge < -0.3 is 10.1 Å².